The summed E-state index contributed by atoms with van der Waals surface area (Å²) in [6.45, 7) is 4.79. The Bertz CT molecular complexity index is 921. The number of ether oxygens (including phenoxy) is 1. The molecule has 1 amide bonds. The molecule has 0 bridgehead atoms. The van der Waals surface area contributed by atoms with Crippen molar-refractivity contribution in [2.24, 2.45) is 0 Å². The fourth-order valence-corrected chi connectivity index (χ4v) is 3.36. The van der Waals surface area contributed by atoms with E-state index in [1.807, 2.05) is 30.9 Å². The summed E-state index contributed by atoms with van der Waals surface area (Å²) in [6, 6.07) is 10.3. The Hall–Kier alpha value is -2.80. The molecular formula is C22H23F3N2O2. The van der Waals surface area contributed by atoms with Crippen LogP contribution in [0.4, 0.5) is 24.5 Å². The van der Waals surface area contributed by atoms with Crippen LogP contribution >= 0.6 is 0 Å². The number of benzene rings is 2. The number of anilines is 2. The highest BCUT2D eigenvalue weighted by atomic mass is 19.4. The molecule has 3 rings (SSSR count). The maximum absolute atomic E-state index is 12.9. The van der Waals surface area contributed by atoms with Gasteiger partial charge in [-0.3, -0.25) is 4.79 Å². The van der Waals surface area contributed by atoms with Crippen LogP contribution in [-0.4, -0.2) is 32.2 Å². The zero-order valence-corrected chi connectivity index (χ0v) is 16.5. The third-order valence-electron chi connectivity index (χ3n) is 4.69. The lowest BCUT2D eigenvalue weighted by atomic mass is 9.99. The molecule has 0 aliphatic carbocycles. The second kappa shape index (κ2) is 8.29. The van der Waals surface area contributed by atoms with E-state index in [4.69, 9.17) is 4.74 Å². The van der Waals surface area contributed by atoms with E-state index in [1.165, 1.54) is 12.1 Å². The zero-order chi connectivity index (χ0) is 21.2. The number of nitrogens with one attached hydrogen (secondary N) is 1. The number of halogens is 3. The van der Waals surface area contributed by atoms with Gasteiger partial charge >= 0.3 is 6.18 Å². The molecule has 2 aromatic carbocycles. The maximum atomic E-state index is 12.9. The summed E-state index contributed by atoms with van der Waals surface area (Å²) < 4.78 is 43.6. The van der Waals surface area contributed by atoms with Gasteiger partial charge in [-0.15, -0.1) is 0 Å². The number of methoxy groups -OCH3 is 1. The Morgan fingerprint density at radius 2 is 1.90 bits per heavy atom. The monoisotopic (exact) mass is 404 g/mol. The molecule has 154 valence electrons. The van der Waals surface area contributed by atoms with Crippen molar-refractivity contribution < 1.29 is 22.7 Å². The van der Waals surface area contributed by atoms with Crippen LogP contribution < -0.4 is 10.2 Å². The third-order valence-corrected chi connectivity index (χ3v) is 4.69. The van der Waals surface area contributed by atoms with E-state index in [1.54, 1.807) is 19.2 Å². The van der Waals surface area contributed by atoms with Gasteiger partial charge in [0, 0.05) is 36.6 Å². The average molecular weight is 404 g/mol. The molecule has 29 heavy (non-hydrogen) atoms. The quantitative estimate of drug-likeness (QED) is 0.760. The summed E-state index contributed by atoms with van der Waals surface area (Å²) in [7, 11) is 1.57. The van der Waals surface area contributed by atoms with Crippen LogP contribution in [0.25, 0.3) is 6.08 Å². The van der Waals surface area contributed by atoms with Crippen molar-refractivity contribution in [1.29, 1.82) is 0 Å². The van der Waals surface area contributed by atoms with Crippen molar-refractivity contribution in [3.63, 3.8) is 0 Å². The van der Waals surface area contributed by atoms with Crippen LogP contribution in [0.1, 0.15) is 35.3 Å². The molecule has 1 aliphatic rings. The Balaban J connectivity index is 1.88. The normalized spacial score (nSPS) is 14.8. The van der Waals surface area contributed by atoms with Crippen LogP contribution in [0.3, 0.4) is 0 Å². The Labute approximate surface area is 168 Å². The molecule has 0 fully saturated rings. The Morgan fingerprint density at radius 3 is 2.52 bits per heavy atom. The number of carbonyl (C=O) groups excluding carboxylic acids is 1. The number of carbonyl (C=O) groups is 1. The van der Waals surface area contributed by atoms with E-state index < -0.39 is 11.7 Å². The minimum Gasteiger partial charge on any atom is -0.383 e. The summed E-state index contributed by atoms with van der Waals surface area (Å²) in [6.07, 6.45) is -2.37. The first-order valence-electron chi connectivity index (χ1n) is 9.25. The summed E-state index contributed by atoms with van der Waals surface area (Å²) in [5, 5.41) is 2.87. The molecule has 0 unspecified atom stereocenters. The summed E-state index contributed by atoms with van der Waals surface area (Å²) in [4.78, 5) is 14.4. The SMILES string of the molecule is COC[C@H](C)NC(=O)c1ccc2c(c1)C=C(C)CN2c1ccc(C(F)(F)F)cc1. The van der Waals surface area contributed by atoms with Crippen molar-refractivity contribution in [3.05, 3.63) is 64.7 Å². The first kappa shape index (κ1) is 20.9. The number of hydrogen-bond donors (Lipinski definition) is 1. The molecule has 1 heterocycles. The molecule has 1 N–H and O–H groups in total. The standard InChI is InChI=1S/C22H23F3N2O2/c1-14-10-17-11-16(21(28)26-15(2)13-29-3)4-9-20(17)27(12-14)19-7-5-18(6-8-19)22(23,24)25/h4-11,15H,12-13H2,1-3H3,(H,26,28)/t15-/m0/s1. The van der Waals surface area contributed by atoms with Gasteiger partial charge in [-0.25, -0.2) is 0 Å². The van der Waals surface area contributed by atoms with Gasteiger partial charge in [0.1, 0.15) is 0 Å². The van der Waals surface area contributed by atoms with E-state index in [0.717, 1.165) is 29.0 Å². The van der Waals surface area contributed by atoms with E-state index in [-0.39, 0.29) is 11.9 Å². The molecule has 0 spiro atoms. The second-order valence-corrected chi connectivity index (χ2v) is 7.22. The highest BCUT2D eigenvalue weighted by Crippen LogP contribution is 2.37. The first-order chi connectivity index (χ1) is 13.7. The van der Waals surface area contributed by atoms with Gasteiger partial charge in [0.25, 0.3) is 5.91 Å². The van der Waals surface area contributed by atoms with Crippen LogP contribution in [0.2, 0.25) is 0 Å². The largest absolute Gasteiger partial charge is 0.416 e. The molecule has 0 aromatic heterocycles. The molecule has 0 saturated heterocycles. The third kappa shape index (κ3) is 4.79. The number of nitrogens with zero attached hydrogens (tertiary/aromatic N) is 1. The van der Waals surface area contributed by atoms with Crippen molar-refractivity contribution in [1.82, 2.24) is 5.32 Å². The number of rotatable bonds is 5. The van der Waals surface area contributed by atoms with E-state index in [0.29, 0.717) is 24.4 Å². The van der Waals surface area contributed by atoms with Gasteiger partial charge in [0.15, 0.2) is 0 Å². The highest BCUT2D eigenvalue weighted by Gasteiger charge is 2.30. The molecule has 1 aliphatic heterocycles. The molecule has 0 radical (unpaired) electrons. The molecule has 1 atom stereocenters. The highest BCUT2D eigenvalue weighted by molar-refractivity contribution is 5.96. The van der Waals surface area contributed by atoms with E-state index in [9.17, 15) is 18.0 Å². The van der Waals surface area contributed by atoms with Crippen LogP contribution in [0.5, 0.6) is 0 Å². The predicted octanol–water partition coefficient (Wildman–Crippen LogP) is 5.03. The first-order valence-corrected chi connectivity index (χ1v) is 9.25. The molecule has 2 aromatic rings. The van der Waals surface area contributed by atoms with Crippen molar-refractivity contribution >= 4 is 23.4 Å². The Morgan fingerprint density at radius 1 is 1.21 bits per heavy atom. The number of fused-ring (bicyclic) bond motifs is 1. The van der Waals surface area contributed by atoms with Gasteiger partial charge in [0.2, 0.25) is 0 Å². The van der Waals surface area contributed by atoms with Crippen molar-refractivity contribution in [3.8, 4) is 0 Å². The minimum atomic E-state index is -4.36. The topological polar surface area (TPSA) is 41.6 Å². The van der Waals surface area contributed by atoms with E-state index in [2.05, 4.69) is 5.32 Å². The summed E-state index contributed by atoms with van der Waals surface area (Å²) in [5.74, 6) is -0.199. The zero-order valence-electron chi connectivity index (χ0n) is 16.5. The number of amides is 1. The van der Waals surface area contributed by atoms with Gasteiger partial charge in [-0.05, 0) is 61.9 Å². The van der Waals surface area contributed by atoms with E-state index >= 15 is 0 Å². The minimum absolute atomic E-state index is 0.121. The van der Waals surface area contributed by atoms with Gasteiger partial charge in [-0.2, -0.15) is 13.2 Å². The lowest BCUT2D eigenvalue weighted by molar-refractivity contribution is -0.137. The lowest BCUT2D eigenvalue weighted by Gasteiger charge is -2.31. The second-order valence-electron chi connectivity index (χ2n) is 7.22. The van der Waals surface area contributed by atoms with Gasteiger partial charge in [0.05, 0.1) is 12.2 Å². The smallest absolute Gasteiger partial charge is 0.383 e. The van der Waals surface area contributed by atoms with Crippen LogP contribution in [0, 0.1) is 0 Å². The van der Waals surface area contributed by atoms with Crippen LogP contribution in [0.15, 0.2) is 48.0 Å². The maximum Gasteiger partial charge on any atom is 0.416 e. The summed E-state index contributed by atoms with van der Waals surface area (Å²) >= 11 is 0. The van der Waals surface area contributed by atoms with Crippen LogP contribution in [-0.2, 0) is 10.9 Å². The molecule has 4 nitrogen and oxygen atoms in total. The predicted molar refractivity (Wildman–Crippen MR) is 107 cm³/mol. The van der Waals surface area contributed by atoms with Crippen molar-refractivity contribution in [2.75, 3.05) is 25.2 Å². The van der Waals surface area contributed by atoms with Crippen molar-refractivity contribution in [2.45, 2.75) is 26.1 Å². The van der Waals surface area contributed by atoms with Gasteiger partial charge < -0.3 is 15.0 Å². The summed E-state index contributed by atoms with van der Waals surface area (Å²) in [5.41, 5.74) is 3.24. The fraction of sp³-hybridized carbons (Fsp3) is 0.318. The number of alkyl halides is 3. The average Bonchev–Trinajstić information content (AvgIpc) is 2.66. The molecule has 7 heteroatoms. The molecule has 0 saturated carbocycles. The molecular weight excluding hydrogens is 381 g/mol. The fourth-order valence-electron chi connectivity index (χ4n) is 3.36. The Kier molecular flexibility index (Phi) is 5.98. The lowest BCUT2D eigenvalue weighted by Crippen LogP contribution is -2.35. The number of hydrogen-bond acceptors (Lipinski definition) is 3. The van der Waals surface area contributed by atoms with Gasteiger partial charge in [-0.1, -0.05) is 11.6 Å².